The van der Waals surface area contributed by atoms with Crippen molar-refractivity contribution in [3.63, 3.8) is 0 Å². The van der Waals surface area contributed by atoms with Gasteiger partial charge in [0.1, 0.15) is 23.2 Å². The number of aryl methyl sites for hydroxylation is 1. The second-order valence-corrected chi connectivity index (χ2v) is 6.83. The van der Waals surface area contributed by atoms with Crippen LogP contribution in [0.15, 0.2) is 35.1 Å². The minimum absolute atomic E-state index is 0.149. The van der Waals surface area contributed by atoms with Crippen molar-refractivity contribution in [2.45, 2.75) is 25.0 Å². The Balaban J connectivity index is 2.07. The number of aromatic nitrogens is 1. The number of pyridine rings is 1. The highest BCUT2D eigenvalue weighted by Gasteiger charge is 2.40. The number of aromatic hydroxyl groups is 1. The number of ether oxygens (including phenoxy) is 1. The highest BCUT2D eigenvalue weighted by atomic mass is 16.5. The Kier molecular flexibility index (Phi) is 3.32. The quantitative estimate of drug-likeness (QED) is 0.614. The molecule has 4 rings (SSSR count). The zero-order valence-corrected chi connectivity index (χ0v) is 14.0. The van der Waals surface area contributed by atoms with Gasteiger partial charge >= 0.3 is 0 Å². The van der Waals surface area contributed by atoms with Crippen molar-refractivity contribution in [1.82, 2.24) is 4.57 Å². The lowest BCUT2D eigenvalue weighted by atomic mass is 9.94. The topological polar surface area (TPSA) is 91.9 Å². The van der Waals surface area contributed by atoms with Gasteiger partial charge in [0.15, 0.2) is 0 Å². The van der Waals surface area contributed by atoms with Crippen molar-refractivity contribution in [3.05, 3.63) is 46.1 Å². The highest BCUT2D eigenvalue weighted by molar-refractivity contribution is 5.99. The second kappa shape index (κ2) is 5.21. The van der Waals surface area contributed by atoms with Crippen LogP contribution in [0.2, 0.25) is 0 Å². The molecule has 1 aromatic heterocycles. The number of fused-ring (bicyclic) bond motifs is 4. The number of para-hydroxylation sites is 1. The number of benzene rings is 2. The molecule has 0 bridgehead atoms. The summed E-state index contributed by atoms with van der Waals surface area (Å²) in [4.78, 5) is 12.9. The molecule has 0 saturated heterocycles. The number of rotatable bonds is 2. The monoisotopic (exact) mass is 341 g/mol. The first-order valence-electron chi connectivity index (χ1n) is 8.11. The van der Waals surface area contributed by atoms with E-state index < -0.39 is 18.3 Å². The van der Waals surface area contributed by atoms with Gasteiger partial charge in [-0.1, -0.05) is 12.1 Å². The molecule has 3 N–H and O–H groups in total. The molecular formula is C19H19NO5. The van der Waals surface area contributed by atoms with Crippen LogP contribution in [-0.4, -0.2) is 38.2 Å². The summed E-state index contributed by atoms with van der Waals surface area (Å²) < 4.78 is 7.64. The first-order chi connectivity index (χ1) is 11.8. The van der Waals surface area contributed by atoms with Gasteiger partial charge in [0.05, 0.1) is 23.0 Å². The fourth-order valence-corrected chi connectivity index (χ4v) is 3.61. The van der Waals surface area contributed by atoms with Gasteiger partial charge in [-0.15, -0.1) is 0 Å². The number of phenolic OH excluding ortho intramolecular Hbond substituents is 1. The van der Waals surface area contributed by atoms with Crippen LogP contribution in [0.5, 0.6) is 11.5 Å². The van der Waals surface area contributed by atoms with Crippen LogP contribution in [0, 0.1) is 0 Å². The fraction of sp³-hybridized carbons (Fsp3) is 0.316. The Morgan fingerprint density at radius 1 is 1.36 bits per heavy atom. The summed E-state index contributed by atoms with van der Waals surface area (Å²) in [5.41, 5.74) is 0.440. The van der Waals surface area contributed by atoms with Crippen LogP contribution in [-0.2, 0) is 13.5 Å². The highest BCUT2D eigenvalue weighted by Crippen LogP contribution is 2.41. The lowest BCUT2D eigenvalue weighted by Crippen LogP contribution is -2.45. The first kappa shape index (κ1) is 15.9. The summed E-state index contributed by atoms with van der Waals surface area (Å²) in [6.45, 7) is 1.05. The fourth-order valence-electron chi connectivity index (χ4n) is 3.61. The molecule has 6 heteroatoms. The molecule has 2 atom stereocenters. The van der Waals surface area contributed by atoms with Crippen molar-refractivity contribution in [1.29, 1.82) is 0 Å². The average Bonchev–Trinajstić information content (AvgIpc) is 3.03. The van der Waals surface area contributed by atoms with E-state index in [0.29, 0.717) is 23.1 Å². The van der Waals surface area contributed by atoms with E-state index in [-0.39, 0.29) is 16.6 Å². The largest absolute Gasteiger partial charge is 0.507 e. The van der Waals surface area contributed by atoms with Crippen LogP contribution >= 0.6 is 0 Å². The van der Waals surface area contributed by atoms with Crippen LogP contribution in [0.4, 0.5) is 0 Å². The maximum Gasteiger partial charge on any atom is 0.200 e. The Bertz CT molecular complexity index is 1070. The summed E-state index contributed by atoms with van der Waals surface area (Å²) in [6, 6.07) is 8.65. The summed E-state index contributed by atoms with van der Waals surface area (Å²) in [7, 11) is 1.83. The number of hydrogen-bond donors (Lipinski definition) is 3. The molecule has 25 heavy (non-hydrogen) atoms. The van der Waals surface area contributed by atoms with Gasteiger partial charge in [-0.2, -0.15) is 0 Å². The van der Waals surface area contributed by atoms with Gasteiger partial charge in [-0.25, -0.2) is 0 Å². The Morgan fingerprint density at radius 3 is 2.80 bits per heavy atom. The van der Waals surface area contributed by atoms with Crippen LogP contribution in [0.3, 0.4) is 0 Å². The third-order valence-electron chi connectivity index (χ3n) is 5.09. The van der Waals surface area contributed by atoms with Gasteiger partial charge < -0.3 is 24.6 Å². The van der Waals surface area contributed by atoms with Crippen molar-refractivity contribution < 1.29 is 20.1 Å². The third-order valence-corrected chi connectivity index (χ3v) is 5.09. The number of phenols is 1. The molecule has 6 nitrogen and oxygen atoms in total. The second-order valence-electron chi connectivity index (χ2n) is 6.83. The Morgan fingerprint density at radius 2 is 2.08 bits per heavy atom. The third kappa shape index (κ3) is 2.14. The number of aliphatic hydroxyl groups is 2. The molecule has 0 radical (unpaired) electrons. The van der Waals surface area contributed by atoms with Gasteiger partial charge in [0.2, 0.25) is 5.43 Å². The molecule has 130 valence electrons. The maximum atomic E-state index is 12.9. The molecule has 0 unspecified atom stereocenters. The summed E-state index contributed by atoms with van der Waals surface area (Å²) >= 11 is 0. The summed E-state index contributed by atoms with van der Waals surface area (Å²) in [6.07, 6.45) is -0.315. The molecule has 0 aliphatic carbocycles. The summed E-state index contributed by atoms with van der Waals surface area (Å²) in [5.74, 6) is 0.276. The number of nitrogens with zero attached hydrogens (tertiary/aromatic N) is 1. The van der Waals surface area contributed by atoms with Crippen molar-refractivity contribution in [2.24, 2.45) is 7.05 Å². The van der Waals surface area contributed by atoms with E-state index >= 15 is 0 Å². The molecule has 0 amide bonds. The van der Waals surface area contributed by atoms with E-state index in [4.69, 9.17) is 4.74 Å². The normalized spacial score (nSPS) is 19.0. The maximum absolute atomic E-state index is 12.9. The van der Waals surface area contributed by atoms with Crippen molar-refractivity contribution in [3.8, 4) is 11.5 Å². The molecule has 1 aliphatic rings. The van der Waals surface area contributed by atoms with Gasteiger partial charge in [0.25, 0.3) is 0 Å². The van der Waals surface area contributed by atoms with Gasteiger partial charge in [-0.3, -0.25) is 4.79 Å². The van der Waals surface area contributed by atoms with Crippen LogP contribution in [0.1, 0.15) is 12.5 Å². The minimum Gasteiger partial charge on any atom is -0.507 e. The van der Waals surface area contributed by atoms with E-state index in [1.807, 2.05) is 23.7 Å². The molecule has 0 spiro atoms. The van der Waals surface area contributed by atoms with E-state index in [1.165, 1.54) is 13.0 Å². The molecule has 2 aromatic carbocycles. The number of hydrogen-bond acceptors (Lipinski definition) is 5. The van der Waals surface area contributed by atoms with Crippen molar-refractivity contribution >= 4 is 21.8 Å². The predicted molar refractivity (Wildman–Crippen MR) is 94.2 cm³/mol. The van der Waals surface area contributed by atoms with E-state index in [2.05, 4.69) is 0 Å². The first-order valence-corrected chi connectivity index (χ1v) is 8.11. The lowest BCUT2D eigenvalue weighted by molar-refractivity contribution is -0.0729. The standard InChI is InChI=1S/C19H19NO5/c1-19(24,9-21)15-7-11-14(25-15)8-13(22)16-17(11)20(2)12-6-4-3-5-10(12)18(16)23/h3-6,8,15,21-22,24H,7,9H2,1-2H3/t15-,19-/m0/s1. The van der Waals surface area contributed by atoms with E-state index in [9.17, 15) is 20.1 Å². The van der Waals surface area contributed by atoms with Gasteiger partial charge in [0, 0.05) is 30.5 Å². The smallest absolute Gasteiger partial charge is 0.200 e. The van der Waals surface area contributed by atoms with Gasteiger partial charge in [-0.05, 0) is 19.1 Å². The Hall–Kier alpha value is -2.57. The zero-order valence-electron chi connectivity index (χ0n) is 14.0. The SMILES string of the molecule is Cn1c2ccccc2c(=O)c2c(O)cc3c(c21)C[C@@H]([C@@](C)(O)CO)O3. The zero-order chi connectivity index (χ0) is 17.9. The molecule has 0 fully saturated rings. The average molecular weight is 341 g/mol. The predicted octanol–water partition coefficient (Wildman–Crippen LogP) is 1.44. The number of aliphatic hydroxyl groups excluding tert-OH is 1. The molecule has 2 heterocycles. The summed E-state index contributed by atoms with van der Waals surface area (Å²) in [5, 5.41) is 31.0. The minimum atomic E-state index is -1.42. The van der Waals surface area contributed by atoms with Crippen molar-refractivity contribution in [2.75, 3.05) is 6.61 Å². The molecule has 3 aromatic rings. The lowest BCUT2D eigenvalue weighted by Gasteiger charge is -2.26. The molecule has 0 saturated carbocycles. The molecule has 1 aliphatic heterocycles. The van der Waals surface area contributed by atoms with Crippen LogP contribution < -0.4 is 10.2 Å². The van der Waals surface area contributed by atoms with Crippen LogP contribution in [0.25, 0.3) is 21.8 Å². The Labute approximate surface area is 143 Å². The molecular weight excluding hydrogens is 322 g/mol. The van der Waals surface area contributed by atoms with E-state index in [0.717, 1.165) is 11.1 Å². The van der Waals surface area contributed by atoms with E-state index in [1.54, 1.807) is 12.1 Å².